The number of hydrogen-bond acceptors (Lipinski definition) is 4. The van der Waals surface area contributed by atoms with Gasteiger partial charge in [0.05, 0.1) is 24.0 Å². The third-order valence-corrected chi connectivity index (χ3v) is 4.74. The van der Waals surface area contributed by atoms with E-state index in [9.17, 15) is 9.59 Å². The zero-order valence-corrected chi connectivity index (χ0v) is 16.2. The summed E-state index contributed by atoms with van der Waals surface area (Å²) < 4.78 is 3.20. The van der Waals surface area contributed by atoms with E-state index in [0.717, 1.165) is 5.56 Å². The average molecular weight is 397 g/mol. The molecular formula is C23H19N5O2. The van der Waals surface area contributed by atoms with Gasteiger partial charge in [0.15, 0.2) is 0 Å². The van der Waals surface area contributed by atoms with Gasteiger partial charge in [-0.05, 0) is 23.8 Å². The fourth-order valence-electron chi connectivity index (χ4n) is 3.25. The highest BCUT2D eigenvalue weighted by atomic mass is 16.1. The second-order valence-corrected chi connectivity index (χ2v) is 6.77. The SMILES string of the molecule is C#CCn1nc(CNC(=O)c2ccc(Cn3ccnc3)cc2)c2ccccc2c1=O. The number of amides is 1. The van der Waals surface area contributed by atoms with E-state index in [1.807, 2.05) is 35.0 Å². The lowest BCUT2D eigenvalue weighted by Crippen LogP contribution is -2.28. The molecule has 7 heteroatoms. The lowest BCUT2D eigenvalue weighted by molar-refractivity contribution is 0.0950. The van der Waals surface area contributed by atoms with Gasteiger partial charge < -0.3 is 9.88 Å². The van der Waals surface area contributed by atoms with Gasteiger partial charge >= 0.3 is 0 Å². The fraction of sp³-hybridized carbons (Fsp3) is 0.130. The number of benzene rings is 2. The molecule has 30 heavy (non-hydrogen) atoms. The van der Waals surface area contributed by atoms with E-state index in [2.05, 4.69) is 21.3 Å². The summed E-state index contributed by atoms with van der Waals surface area (Å²) >= 11 is 0. The summed E-state index contributed by atoms with van der Waals surface area (Å²) in [6.45, 7) is 0.943. The predicted octanol–water partition coefficient (Wildman–Crippen LogP) is 2.20. The molecule has 0 aliphatic rings. The predicted molar refractivity (Wildman–Crippen MR) is 114 cm³/mol. The molecule has 1 N–H and O–H groups in total. The summed E-state index contributed by atoms with van der Waals surface area (Å²) in [6, 6.07) is 14.6. The van der Waals surface area contributed by atoms with Gasteiger partial charge in [0, 0.05) is 29.9 Å². The van der Waals surface area contributed by atoms with Gasteiger partial charge in [-0.15, -0.1) is 6.42 Å². The van der Waals surface area contributed by atoms with E-state index >= 15 is 0 Å². The Morgan fingerprint density at radius 3 is 2.57 bits per heavy atom. The molecule has 1 amide bonds. The van der Waals surface area contributed by atoms with Crippen LogP contribution in [0, 0.1) is 12.3 Å². The number of imidazole rings is 1. The van der Waals surface area contributed by atoms with Gasteiger partial charge in [-0.25, -0.2) is 9.67 Å². The van der Waals surface area contributed by atoms with Crippen LogP contribution in [0.25, 0.3) is 10.8 Å². The topological polar surface area (TPSA) is 81.8 Å². The molecule has 0 fully saturated rings. The molecule has 0 saturated carbocycles. The zero-order valence-electron chi connectivity index (χ0n) is 16.2. The largest absolute Gasteiger partial charge is 0.346 e. The summed E-state index contributed by atoms with van der Waals surface area (Å²) in [6.07, 6.45) is 10.7. The second-order valence-electron chi connectivity index (χ2n) is 6.77. The summed E-state index contributed by atoms with van der Waals surface area (Å²) in [4.78, 5) is 29.1. The number of nitrogens with one attached hydrogen (secondary N) is 1. The van der Waals surface area contributed by atoms with E-state index in [4.69, 9.17) is 6.42 Å². The number of carbonyl (C=O) groups excluding carboxylic acids is 1. The lowest BCUT2D eigenvalue weighted by Gasteiger charge is -2.11. The molecular weight excluding hydrogens is 378 g/mol. The highest BCUT2D eigenvalue weighted by Gasteiger charge is 2.12. The van der Waals surface area contributed by atoms with Crippen LogP contribution in [0.1, 0.15) is 21.6 Å². The van der Waals surface area contributed by atoms with E-state index in [0.29, 0.717) is 28.6 Å². The zero-order chi connectivity index (χ0) is 20.9. The molecule has 0 saturated heterocycles. The van der Waals surface area contributed by atoms with Gasteiger partial charge in [0.25, 0.3) is 11.5 Å². The smallest absolute Gasteiger partial charge is 0.275 e. The van der Waals surface area contributed by atoms with Crippen molar-refractivity contribution >= 4 is 16.7 Å². The molecule has 0 aliphatic carbocycles. The molecule has 148 valence electrons. The maximum atomic E-state index is 12.6. The van der Waals surface area contributed by atoms with Crippen LogP contribution in [-0.4, -0.2) is 25.2 Å². The number of fused-ring (bicyclic) bond motifs is 1. The highest BCUT2D eigenvalue weighted by Crippen LogP contribution is 2.13. The first-order chi connectivity index (χ1) is 14.7. The Labute approximate surface area is 173 Å². The molecule has 0 atom stereocenters. The lowest BCUT2D eigenvalue weighted by atomic mass is 10.1. The number of nitrogens with zero attached hydrogens (tertiary/aromatic N) is 4. The fourth-order valence-corrected chi connectivity index (χ4v) is 3.25. The van der Waals surface area contributed by atoms with Gasteiger partial charge in [0.2, 0.25) is 0 Å². The number of aromatic nitrogens is 4. The van der Waals surface area contributed by atoms with Crippen LogP contribution in [0.2, 0.25) is 0 Å². The minimum atomic E-state index is -0.243. The summed E-state index contributed by atoms with van der Waals surface area (Å²) in [5.41, 5.74) is 1.96. The first-order valence-electron chi connectivity index (χ1n) is 9.41. The molecule has 2 heterocycles. The molecule has 7 nitrogen and oxygen atoms in total. The maximum Gasteiger partial charge on any atom is 0.275 e. The summed E-state index contributed by atoms with van der Waals surface area (Å²) in [5.74, 6) is 2.22. The molecule has 0 unspecified atom stereocenters. The number of hydrogen-bond donors (Lipinski definition) is 1. The molecule has 0 aliphatic heterocycles. The Hall–Kier alpha value is -4.18. The van der Waals surface area contributed by atoms with E-state index in [-0.39, 0.29) is 24.6 Å². The quantitative estimate of drug-likeness (QED) is 0.506. The van der Waals surface area contributed by atoms with Gasteiger partial charge in [-0.1, -0.05) is 36.3 Å². The van der Waals surface area contributed by atoms with Crippen molar-refractivity contribution in [1.29, 1.82) is 0 Å². The Bertz CT molecular complexity index is 1280. The van der Waals surface area contributed by atoms with Crippen LogP contribution >= 0.6 is 0 Å². The molecule has 0 spiro atoms. The van der Waals surface area contributed by atoms with Crippen LogP contribution in [0.5, 0.6) is 0 Å². The molecule has 4 rings (SSSR count). The highest BCUT2D eigenvalue weighted by molar-refractivity contribution is 5.94. The van der Waals surface area contributed by atoms with Crippen LogP contribution in [0.3, 0.4) is 0 Å². The van der Waals surface area contributed by atoms with Crippen molar-refractivity contribution in [3.63, 3.8) is 0 Å². The van der Waals surface area contributed by atoms with Gasteiger partial charge in [-0.3, -0.25) is 9.59 Å². The van der Waals surface area contributed by atoms with Crippen LogP contribution in [0.4, 0.5) is 0 Å². The van der Waals surface area contributed by atoms with Crippen molar-refractivity contribution in [2.45, 2.75) is 19.6 Å². The van der Waals surface area contributed by atoms with Gasteiger partial charge in [0.1, 0.15) is 6.54 Å². The first kappa shape index (κ1) is 19.2. The Balaban J connectivity index is 1.51. The maximum absolute atomic E-state index is 12.6. The number of rotatable bonds is 6. The Morgan fingerprint density at radius 2 is 1.87 bits per heavy atom. The number of terminal acetylenes is 1. The molecule has 0 bridgehead atoms. The summed E-state index contributed by atoms with van der Waals surface area (Å²) in [7, 11) is 0. The van der Waals surface area contributed by atoms with Crippen LogP contribution in [0.15, 0.2) is 72.0 Å². The molecule has 4 aromatic rings. The standard InChI is InChI=1S/C23H19N5O2/c1-2-12-28-23(30)20-6-4-3-5-19(20)21(26-28)14-25-22(29)18-9-7-17(8-10-18)15-27-13-11-24-16-27/h1,3-11,13,16H,12,14-15H2,(H,25,29). The normalized spacial score (nSPS) is 10.6. The summed E-state index contributed by atoms with van der Waals surface area (Å²) in [5, 5.41) is 8.45. The molecule has 2 aromatic heterocycles. The van der Waals surface area contributed by atoms with Crippen molar-refractivity contribution in [2.75, 3.05) is 0 Å². The van der Waals surface area contributed by atoms with Crippen molar-refractivity contribution in [3.8, 4) is 12.3 Å². The third kappa shape index (κ3) is 3.98. The van der Waals surface area contributed by atoms with Crippen molar-refractivity contribution in [3.05, 3.63) is 94.4 Å². The van der Waals surface area contributed by atoms with E-state index < -0.39 is 0 Å². The molecule has 0 radical (unpaired) electrons. The average Bonchev–Trinajstić information content (AvgIpc) is 3.28. The van der Waals surface area contributed by atoms with Gasteiger partial charge in [-0.2, -0.15) is 5.10 Å². The monoisotopic (exact) mass is 397 g/mol. The third-order valence-electron chi connectivity index (χ3n) is 4.74. The van der Waals surface area contributed by atoms with E-state index in [1.54, 1.807) is 36.8 Å². The Kier molecular flexibility index (Phi) is 5.39. The van der Waals surface area contributed by atoms with E-state index in [1.165, 1.54) is 4.68 Å². The van der Waals surface area contributed by atoms with Crippen molar-refractivity contribution in [1.82, 2.24) is 24.6 Å². The number of carbonyl (C=O) groups is 1. The van der Waals surface area contributed by atoms with Crippen molar-refractivity contribution < 1.29 is 4.79 Å². The minimum absolute atomic E-state index is 0.0724. The Morgan fingerprint density at radius 1 is 1.10 bits per heavy atom. The second kappa shape index (κ2) is 8.45. The van der Waals surface area contributed by atoms with Crippen molar-refractivity contribution in [2.24, 2.45) is 0 Å². The minimum Gasteiger partial charge on any atom is -0.346 e. The first-order valence-corrected chi connectivity index (χ1v) is 9.41. The molecule has 2 aromatic carbocycles. The van der Waals surface area contributed by atoms with Crippen LogP contribution in [-0.2, 0) is 19.6 Å². The van der Waals surface area contributed by atoms with Crippen LogP contribution < -0.4 is 10.9 Å².